The molecule has 1 aromatic carbocycles. The molecule has 0 saturated heterocycles. The van der Waals surface area contributed by atoms with Gasteiger partial charge in [0.15, 0.2) is 5.76 Å². The highest BCUT2D eigenvalue weighted by atomic mass is 19.1. The summed E-state index contributed by atoms with van der Waals surface area (Å²) >= 11 is 0. The van der Waals surface area contributed by atoms with Gasteiger partial charge in [-0.25, -0.2) is 14.8 Å². The van der Waals surface area contributed by atoms with Gasteiger partial charge in [-0.05, 0) is 51.0 Å². The van der Waals surface area contributed by atoms with E-state index in [4.69, 9.17) is 4.42 Å². The molecule has 8 heteroatoms. The zero-order chi connectivity index (χ0) is 22.0. The zero-order valence-electron chi connectivity index (χ0n) is 17.2. The fourth-order valence-electron chi connectivity index (χ4n) is 3.61. The molecule has 2 N–H and O–H groups in total. The van der Waals surface area contributed by atoms with Crippen LogP contribution in [0.2, 0.25) is 0 Å². The Labute approximate surface area is 178 Å². The van der Waals surface area contributed by atoms with Gasteiger partial charge in [0.25, 0.3) is 11.8 Å². The molecule has 31 heavy (non-hydrogen) atoms. The minimum atomic E-state index is -0.637. The van der Waals surface area contributed by atoms with E-state index in [1.165, 1.54) is 18.2 Å². The molecule has 1 aliphatic rings. The second kappa shape index (κ2) is 8.51. The number of anilines is 1. The van der Waals surface area contributed by atoms with Gasteiger partial charge in [-0.3, -0.25) is 9.59 Å². The molecule has 0 atom stereocenters. The number of carbonyl (C=O) groups is 2. The van der Waals surface area contributed by atoms with Gasteiger partial charge in [0.2, 0.25) is 0 Å². The predicted molar refractivity (Wildman–Crippen MR) is 114 cm³/mol. The molecule has 4 rings (SSSR count). The number of benzene rings is 1. The highest BCUT2D eigenvalue weighted by molar-refractivity contribution is 6.09. The topological polar surface area (TPSA) is 96.6 Å². The van der Waals surface area contributed by atoms with Crippen molar-refractivity contribution in [2.45, 2.75) is 33.1 Å². The Balaban J connectivity index is 1.58. The van der Waals surface area contributed by atoms with Crippen molar-refractivity contribution in [1.29, 1.82) is 0 Å². The molecule has 158 valence electrons. The maximum Gasteiger partial charge on any atom is 0.292 e. The van der Waals surface area contributed by atoms with Crippen molar-refractivity contribution in [1.82, 2.24) is 10.4 Å². The minimum Gasteiger partial charge on any atom is -0.455 e. The number of aryl methyl sites for hydroxylation is 2. The van der Waals surface area contributed by atoms with E-state index in [2.05, 4.69) is 20.8 Å². The van der Waals surface area contributed by atoms with Crippen LogP contribution in [0, 0.1) is 19.7 Å². The lowest BCUT2D eigenvalue weighted by atomic mass is 9.93. The lowest BCUT2D eigenvalue weighted by molar-refractivity contribution is 0.0949. The fraction of sp³-hybridized carbons (Fsp3) is 0.217. The maximum atomic E-state index is 13.8. The molecular formula is C23H21FN4O3. The van der Waals surface area contributed by atoms with Gasteiger partial charge in [0, 0.05) is 23.2 Å². The fourth-order valence-corrected chi connectivity index (χ4v) is 3.61. The third-order valence-electron chi connectivity index (χ3n) is 5.07. The van der Waals surface area contributed by atoms with Gasteiger partial charge in [-0.15, -0.1) is 0 Å². The third kappa shape index (κ3) is 4.23. The van der Waals surface area contributed by atoms with Gasteiger partial charge < -0.3 is 9.73 Å². The van der Waals surface area contributed by atoms with E-state index in [0.29, 0.717) is 41.3 Å². The number of fused-ring (bicyclic) bond motifs is 1. The summed E-state index contributed by atoms with van der Waals surface area (Å²) in [5, 5.41) is 6.96. The number of nitrogens with zero attached hydrogens (tertiary/aromatic N) is 2. The summed E-state index contributed by atoms with van der Waals surface area (Å²) in [6.45, 7) is 3.62. The molecule has 0 unspecified atom stereocenters. The summed E-state index contributed by atoms with van der Waals surface area (Å²) in [5.74, 6) is -0.395. The summed E-state index contributed by atoms with van der Waals surface area (Å²) in [4.78, 5) is 29.3. The van der Waals surface area contributed by atoms with E-state index >= 15 is 0 Å². The van der Waals surface area contributed by atoms with Gasteiger partial charge >= 0.3 is 0 Å². The SMILES string of the molecule is Cc1cccc(NC(=O)c2oc3c(c2C)/C(=N/NC(=O)c2ccccc2F)CCC3)n1. The second-order valence-electron chi connectivity index (χ2n) is 7.31. The van der Waals surface area contributed by atoms with E-state index in [9.17, 15) is 14.0 Å². The van der Waals surface area contributed by atoms with Gasteiger partial charge in [0.1, 0.15) is 17.4 Å². The number of furan rings is 1. The van der Waals surface area contributed by atoms with Crippen molar-refractivity contribution < 1.29 is 18.4 Å². The van der Waals surface area contributed by atoms with Crippen LogP contribution in [0.3, 0.4) is 0 Å². The number of halogens is 1. The number of pyridine rings is 1. The van der Waals surface area contributed by atoms with Crippen molar-refractivity contribution in [3.05, 3.63) is 82.2 Å². The van der Waals surface area contributed by atoms with Crippen LogP contribution < -0.4 is 10.7 Å². The summed E-state index contributed by atoms with van der Waals surface area (Å²) < 4.78 is 19.7. The number of hydrogen-bond acceptors (Lipinski definition) is 5. The Morgan fingerprint density at radius 2 is 1.87 bits per heavy atom. The molecule has 2 amide bonds. The molecule has 0 fully saturated rings. The summed E-state index contributed by atoms with van der Waals surface area (Å²) in [6, 6.07) is 11.0. The first-order valence-electron chi connectivity index (χ1n) is 9.93. The van der Waals surface area contributed by atoms with Gasteiger partial charge in [-0.1, -0.05) is 18.2 Å². The highest BCUT2D eigenvalue weighted by Gasteiger charge is 2.28. The van der Waals surface area contributed by atoms with Crippen LogP contribution in [0.1, 0.15) is 56.3 Å². The standard InChI is InChI=1S/C23H21FN4O3/c1-13-7-5-12-19(25-13)26-23(30)21-14(2)20-17(10-6-11-18(20)31-21)27-28-22(29)15-8-3-4-9-16(15)24/h3-5,7-9,12H,6,10-11H2,1-2H3,(H,28,29)(H,25,26,30)/b27-17+. The van der Waals surface area contributed by atoms with Crippen molar-refractivity contribution >= 4 is 23.3 Å². The van der Waals surface area contributed by atoms with E-state index < -0.39 is 17.6 Å². The number of nitrogens with one attached hydrogen (secondary N) is 2. The Morgan fingerprint density at radius 3 is 2.65 bits per heavy atom. The minimum absolute atomic E-state index is 0.0856. The number of rotatable bonds is 4. The van der Waals surface area contributed by atoms with Crippen LogP contribution in [0.5, 0.6) is 0 Å². The molecule has 0 bridgehead atoms. The van der Waals surface area contributed by atoms with Crippen molar-refractivity contribution in [2.24, 2.45) is 5.10 Å². The van der Waals surface area contributed by atoms with E-state index in [-0.39, 0.29) is 11.3 Å². The Kier molecular flexibility index (Phi) is 5.62. The van der Waals surface area contributed by atoms with Crippen molar-refractivity contribution in [3.63, 3.8) is 0 Å². The maximum absolute atomic E-state index is 13.8. The quantitative estimate of drug-likeness (QED) is 0.620. The molecule has 3 aromatic rings. The molecule has 0 spiro atoms. The third-order valence-corrected chi connectivity index (χ3v) is 5.07. The molecule has 0 aliphatic heterocycles. The second-order valence-corrected chi connectivity index (χ2v) is 7.31. The Bertz CT molecular complexity index is 1200. The largest absolute Gasteiger partial charge is 0.455 e. The molecule has 1 aliphatic carbocycles. The summed E-state index contributed by atoms with van der Waals surface area (Å²) in [7, 11) is 0. The lowest BCUT2D eigenvalue weighted by Crippen LogP contribution is -2.23. The van der Waals surface area contributed by atoms with Crippen molar-refractivity contribution in [3.8, 4) is 0 Å². The first kappa shape index (κ1) is 20.5. The van der Waals surface area contributed by atoms with Crippen molar-refractivity contribution in [2.75, 3.05) is 5.32 Å². The van der Waals surface area contributed by atoms with Crippen LogP contribution in [0.4, 0.5) is 10.2 Å². The van der Waals surface area contributed by atoms with Gasteiger partial charge in [-0.2, -0.15) is 5.10 Å². The Morgan fingerprint density at radius 1 is 1.06 bits per heavy atom. The van der Waals surface area contributed by atoms with Crippen LogP contribution in [0.15, 0.2) is 52.0 Å². The average Bonchev–Trinajstić information content (AvgIpc) is 3.10. The van der Waals surface area contributed by atoms with Crippen LogP contribution in [-0.4, -0.2) is 22.5 Å². The number of amides is 2. The molecular weight excluding hydrogens is 399 g/mol. The molecule has 2 aromatic heterocycles. The molecule has 2 heterocycles. The lowest BCUT2D eigenvalue weighted by Gasteiger charge is -2.13. The molecule has 0 radical (unpaired) electrons. The number of hydrazone groups is 1. The van der Waals surface area contributed by atoms with Gasteiger partial charge in [0.05, 0.1) is 11.3 Å². The van der Waals surface area contributed by atoms with E-state index in [0.717, 1.165) is 12.1 Å². The summed E-state index contributed by atoms with van der Waals surface area (Å²) in [5.41, 5.74) is 5.06. The monoisotopic (exact) mass is 420 g/mol. The van der Waals surface area contributed by atoms with Crippen LogP contribution >= 0.6 is 0 Å². The first-order valence-corrected chi connectivity index (χ1v) is 9.93. The van der Waals surface area contributed by atoms with E-state index in [1.807, 2.05) is 13.0 Å². The number of hydrogen-bond donors (Lipinski definition) is 2. The zero-order valence-corrected chi connectivity index (χ0v) is 17.2. The normalized spacial score (nSPS) is 14.2. The molecule has 7 nitrogen and oxygen atoms in total. The average molecular weight is 420 g/mol. The van der Waals surface area contributed by atoms with Crippen LogP contribution in [0.25, 0.3) is 0 Å². The molecule has 0 saturated carbocycles. The summed E-state index contributed by atoms with van der Waals surface area (Å²) in [6.07, 6.45) is 2.02. The highest BCUT2D eigenvalue weighted by Crippen LogP contribution is 2.30. The number of carbonyl (C=O) groups excluding carboxylic acids is 2. The first-order chi connectivity index (χ1) is 14.9. The smallest absolute Gasteiger partial charge is 0.292 e. The van der Waals surface area contributed by atoms with Crippen LogP contribution in [-0.2, 0) is 6.42 Å². The van der Waals surface area contributed by atoms with E-state index in [1.54, 1.807) is 25.1 Å². The number of aromatic nitrogens is 1. The predicted octanol–water partition coefficient (Wildman–Crippen LogP) is 4.15. The Hall–Kier alpha value is -3.81.